The molecule has 0 spiro atoms. The molecular formula is C12H18N4O. The lowest BCUT2D eigenvalue weighted by atomic mass is 10.1. The van der Waals surface area contributed by atoms with Crippen LogP contribution in [0.5, 0.6) is 0 Å². The van der Waals surface area contributed by atoms with Crippen molar-refractivity contribution in [3.63, 3.8) is 0 Å². The van der Waals surface area contributed by atoms with Gasteiger partial charge in [-0.1, -0.05) is 0 Å². The number of ether oxygens (including phenoxy) is 1. The van der Waals surface area contributed by atoms with Crippen molar-refractivity contribution in [3.8, 4) is 0 Å². The molecule has 92 valence electrons. The van der Waals surface area contributed by atoms with Crippen molar-refractivity contribution in [2.45, 2.75) is 31.9 Å². The van der Waals surface area contributed by atoms with E-state index in [1.54, 1.807) is 6.33 Å². The van der Waals surface area contributed by atoms with Crippen LogP contribution in [0.2, 0.25) is 0 Å². The third-order valence-corrected chi connectivity index (χ3v) is 3.66. The highest BCUT2D eigenvalue weighted by molar-refractivity contribution is 5.50. The monoisotopic (exact) mass is 234 g/mol. The summed E-state index contributed by atoms with van der Waals surface area (Å²) >= 11 is 0. The molecule has 2 aliphatic heterocycles. The van der Waals surface area contributed by atoms with Crippen LogP contribution in [-0.2, 0) is 17.8 Å². The van der Waals surface area contributed by atoms with Crippen LogP contribution in [0.4, 0.5) is 5.82 Å². The summed E-state index contributed by atoms with van der Waals surface area (Å²) in [6, 6.07) is 0.427. The third kappa shape index (κ3) is 1.89. The standard InChI is InChI=1S/C12H18N4O/c13-6-9-2-1-4-16(9)12-10-7-17-5-3-11(10)14-8-15-12/h8-9H,1-7,13H2. The van der Waals surface area contributed by atoms with Crippen molar-refractivity contribution >= 4 is 5.82 Å². The van der Waals surface area contributed by atoms with E-state index in [0.717, 1.165) is 37.5 Å². The molecule has 0 bridgehead atoms. The Morgan fingerprint density at radius 1 is 1.47 bits per heavy atom. The van der Waals surface area contributed by atoms with Crippen molar-refractivity contribution in [1.29, 1.82) is 0 Å². The Balaban J connectivity index is 1.97. The number of rotatable bonds is 2. The first-order valence-corrected chi connectivity index (χ1v) is 6.27. The van der Waals surface area contributed by atoms with Crippen LogP contribution in [0.15, 0.2) is 6.33 Å². The Labute approximate surface area is 101 Å². The van der Waals surface area contributed by atoms with Gasteiger partial charge in [-0.2, -0.15) is 0 Å². The molecule has 2 N–H and O–H groups in total. The van der Waals surface area contributed by atoms with Gasteiger partial charge in [0.2, 0.25) is 0 Å². The van der Waals surface area contributed by atoms with Gasteiger partial charge >= 0.3 is 0 Å². The van der Waals surface area contributed by atoms with Crippen LogP contribution in [0, 0.1) is 0 Å². The molecule has 2 aliphatic rings. The minimum absolute atomic E-state index is 0.427. The van der Waals surface area contributed by atoms with Crippen LogP contribution in [-0.4, -0.2) is 35.7 Å². The fourth-order valence-electron chi connectivity index (χ4n) is 2.75. The minimum atomic E-state index is 0.427. The molecule has 3 heterocycles. The Morgan fingerprint density at radius 2 is 2.41 bits per heavy atom. The van der Waals surface area contributed by atoms with Crippen LogP contribution < -0.4 is 10.6 Å². The number of hydrogen-bond donors (Lipinski definition) is 1. The Morgan fingerprint density at radius 3 is 3.29 bits per heavy atom. The fraction of sp³-hybridized carbons (Fsp3) is 0.667. The molecule has 1 fully saturated rings. The first kappa shape index (κ1) is 10.9. The first-order chi connectivity index (χ1) is 8.40. The van der Waals surface area contributed by atoms with Gasteiger partial charge in [0.25, 0.3) is 0 Å². The van der Waals surface area contributed by atoms with Gasteiger partial charge in [0, 0.05) is 31.1 Å². The molecular weight excluding hydrogens is 216 g/mol. The second kappa shape index (κ2) is 4.58. The molecule has 0 aliphatic carbocycles. The van der Waals surface area contributed by atoms with Crippen molar-refractivity contribution < 1.29 is 4.74 Å². The van der Waals surface area contributed by atoms with E-state index in [0.29, 0.717) is 19.2 Å². The third-order valence-electron chi connectivity index (χ3n) is 3.66. The molecule has 3 rings (SSSR count). The molecule has 0 amide bonds. The van der Waals surface area contributed by atoms with Crippen LogP contribution >= 0.6 is 0 Å². The Bertz CT molecular complexity index is 409. The molecule has 5 heteroatoms. The van der Waals surface area contributed by atoms with Gasteiger partial charge in [0.05, 0.1) is 18.9 Å². The van der Waals surface area contributed by atoms with E-state index in [4.69, 9.17) is 10.5 Å². The fourth-order valence-corrected chi connectivity index (χ4v) is 2.75. The zero-order valence-electron chi connectivity index (χ0n) is 9.93. The molecule has 17 heavy (non-hydrogen) atoms. The van der Waals surface area contributed by atoms with E-state index in [-0.39, 0.29) is 0 Å². The molecule has 5 nitrogen and oxygen atoms in total. The number of fused-ring (bicyclic) bond motifs is 1. The Kier molecular flexibility index (Phi) is 2.94. The largest absolute Gasteiger partial charge is 0.376 e. The summed E-state index contributed by atoms with van der Waals surface area (Å²) in [5.41, 5.74) is 8.13. The van der Waals surface area contributed by atoms with Gasteiger partial charge in [0.15, 0.2) is 0 Å². The van der Waals surface area contributed by atoms with E-state index in [1.807, 2.05) is 0 Å². The highest BCUT2D eigenvalue weighted by Gasteiger charge is 2.28. The number of hydrogen-bond acceptors (Lipinski definition) is 5. The number of nitrogens with two attached hydrogens (primary N) is 1. The lowest BCUT2D eigenvalue weighted by molar-refractivity contribution is 0.109. The number of nitrogens with zero attached hydrogens (tertiary/aromatic N) is 3. The van der Waals surface area contributed by atoms with E-state index in [1.165, 1.54) is 12.0 Å². The first-order valence-electron chi connectivity index (χ1n) is 6.27. The normalized spacial score (nSPS) is 23.8. The number of aromatic nitrogens is 2. The SMILES string of the molecule is NCC1CCCN1c1ncnc2c1COCC2. The maximum absolute atomic E-state index is 5.82. The van der Waals surface area contributed by atoms with Gasteiger partial charge in [-0.15, -0.1) is 0 Å². The zero-order chi connectivity index (χ0) is 11.7. The topological polar surface area (TPSA) is 64.3 Å². The predicted octanol–water partition coefficient (Wildman–Crippen LogP) is 0.477. The van der Waals surface area contributed by atoms with E-state index in [9.17, 15) is 0 Å². The molecule has 1 atom stereocenters. The molecule has 1 saturated heterocycles. The molecule has 0 saturated carbocycles. The van der Waals surface area contributed by atoms with E-state index < -0.39 is 0 Å². The maximum Gasteiger partial charge on any atom is 0.138 e. The quantitative estimate of drug-likeness (QED) is 0.806. The van der Waals surface area contributed by atoms with Crippen LogP contribution in [0.3, 0.4) is 0 Å². The maximum atomic E-state index is 5.82. The molecule has 0 radical (unpaired) electrons. The van der Waals surface area contributed by atoms with Gasteiger partial charge < -0.3 is 15.4 Å². The lowest BCUT2D eigenvalue weighted by Crippen LogP contribution is -2.37. The average molecular weight is 234 g/mol. The second-order valence-corrected chi connectivity index (χ2v) is 4.65. The summed E-state index contributed by atoms with van der Waals surface area (Å²) in [5.74, 6) is 1.04. The average Bonchev–Trinajstić information content (AvgIpc) is 2.86. The summed E-state index contributed by atoms with van der Waals surface area (Å²) in [4.78, 5) is 11.1. The van der Waals surface area contributed by atoms with Crippen molar-refractivity contribution in [2.24, 2.45) is 5.73 Å². The van der Waals surface area contributed by atoms with Gasteiger partial charge in [0.1, 0.15) is 12.1 Å². The van der Waals surface area contributed by atoms with E-state index in [2.05, 4.69) is 14.9 Å². The van der Waals surface area contributed by atoms with Crippen molar-refractivity contribution in [1.82, 2.24) is 9.97 Å². The zero-order valence-corrected chi connectivity index (χ0v) is 9.93. The summed E-state index contributed by atoms with van der Waals surface area (Å²) < 4.78 is 5.53. The number of anilines is 1. The summed E-state index contributed by atoms with van der Waals surface area (Å²) in [5, 5.41) is 0. The second-order valence-electron chi connectivity index (χ2n) is 4.65. The van der Waals surface area contributed by atoms with E-state index >= 15 is 0 Å². The Hall–Kier alpha value is -1.20. The summed E-state index contributed by atoms with van der Waals surface area (Å²) in [7, 11) is 0. The molecule has 0 aromatic carbocycles. The summed E-state index contributed by atoms with van der Waals surface area (Å²) in [6.07, 6.45) is 4.93. The van der Waals surface area contributed by atoms with Crippen LogP contribution in [0.1, 0.15) is 24.1 Å². The minimum Gasteiger partial charge on any atom is -0.376 e. The highest BCUT2D eigenvalue weighted by atomic mass is 16.5. The highest BCUT2D eigenvalue weighted by Crippen LogP contribution is 2.29. The smallest absolute Gasteiger partial charge is 0.138 e. The molecule has 1 unspecified atom stereocenters. The van der Waals surface area contributed by atoms with Gasteiger partial charge in [-0.25, -0.2) is 9.97 Å². The molecule has 1 aromatic rings. The van der Waals surface area contributed by atoms with Crippen molar-refractivity contribution in [2.75, 3.05) is 24.6 Å². The molecule has 1 aromatic heterocycles. The van der Waals surface area contributed by atoms with Crippen molar-refractivity contribution in [3.05, 3.63) is 17.6 Å². The predicted molar refractivity (Wildman–Crippen MR) is 64.8 cm³/mol. The summed E-state index contributed by atoms with van der Waals surface area (Å²) in [6.45, 7) is 3.15. The van der Waals surface area contributed by atoms with Gasteiger partial charge in [-0.05, 0) is 12.8 Å². The lowest BCUT2D eigenvalue weighted by Gasteiger charge is -2.28. The van der Waals surface area contributed by atoms with Gasteiger partial charge in [-0.3, -0.25) is 0 Å². The van der Waals surface area contributed by atoms with Crippen LogP contribution in [0.25, 0.3) is 0 Å².